The summed E-state index contributed by atoms with van der Waals surface area (Å²) in [6, 6.07) is 12.2. The van der Waals surface area contributed by atoms with Gasteiger partial charge in [-0.15, -0.1) is 0 Å². The quantitative estimate of drug-likeness (QED) is 0.841. The molecule has 0 radical (unpaired) electrons. The highest BCUT2D eigenvalue weighted by atomic mass is 19.1. The molecule has 0 spiro atoms. The summed E-state index contributed by atoms with van der Waals surface area (Å²) in [5.41, 5.74) is 8.39. The van der Waals surface area contributed by atoms with Gasteiger partial charge in [0.1, 0.15) is 5.82 Å². The first-order valence-corrected chi connectivity index (χ1v) is 8.34. The molecule has 2 aromatic carbocycles. The maximum Gasteiger partial charge on any atom is 0.230 e. The van der Waals surface area contributed by atoms with Crippen LogP contribution in [0, 0.1) is 5.82 Å². The molecule has 0 aromatic heterocycles. The van der Waals surface area contributed by atoms with Gasteiger partial charge in [-0.1, -0.05) is 24.3 Å². The average Bonchev–Trinajstić information content (AvgIpc) is 2.55. The fourth-order valence-electron chi connectivity index (χ4n) is 3.41. The van der Waals surface area contributed by atoms with E-state index in [9.17, 15) is 9.18 Å². The number of aryl methyl sites for hydroxylation is 1. The van der Waals surface area contributed by atoms with Gasteiger partial charge in [0.05, 0.1) is 11.5 Å². The van der Waals surface area contributed by atoms with Gasteiger partial charge in [0.2, 0.25) is 5.91 Å². The zero-order valence-corrected chi connectivity index (χ0v) is 14.1. The van der Waals surface area contributed by atoms with Crippen molar-refractivity contribution in [3.05, 3.63) is 65.0 Å². The molecular formula is C20H23FN2O. The van der Waals surface area contributed by atoms with Crippen LogP contribution in [0.5, 0.6) is 0 Å². The van der Waals surface area contributed by atoms with E-state index in [0.717, 1.165) is 30.5 Å². The average molecular weight is 326 g/mol. The highest BCUT2D eigenvalue weighted by Crippen LogP contribution is 2.33. The van der Waals surface area contributed by atoms with Crippen LogP contribution in [0.25, 0.3) is 0 Å². The number of halogens is 1. The molecule has 0 fully saturated rings. The molecule has 1 aliphatic carbocycles. The largest absolute Gasteiger partial charge is 0.399 e. The minimum absolute atomic E-state index is 0.0482. The Hall–Kier alpha value is -2.36. The second-order valence-electron chi connectivity index (χ2n) is 6.98. The Morgan fingerprint density at radius 3 is 2.75 bits per heavy atom. The maximum absolute atomic E-state index is 14.1. The number of nitrogens with two attached hydrogens (primary N) is 1. The summed E-state index contributed by atoms with van der Waals surface area (Å²) in [5, 5.41) is 3.11. The molecule has 1 atom stereocenters. The summed E-state index contributed by atoms with van der Waals surface area (Å²) >= 11 is 0. The second-order valence-corrected chi connectivity index (χ2v) is 6.98. The fourth-order valence-corrected chi connectivity index (χ4v) is 3.41. The number of fused-ring (bicyclic) bond motifs is 1. The van der Waals surface area contributed by atoms with Gasteiger partial charge in [-0.05, 0) is 62.4 Å². The minimum Gasteiger partial charge on any atom is -0.399 e. The molecule has 2 aromatic rings. The number of rotatable bonds is 3. The first-order valence-electron chi connectivity index (χ1n) is 8.34. The molecule has 0 heterocycles. The number of hydrogen-bond donors (Lipinski definition) is 2. The Bertz CT molecular complexity index is 770. The van der Waals surface area contributed by atoms with Gasteiger partial charge in [-0.25, -0.2) is 4.39 Å². The lowest BCUT2D eigenvalue weighted by Crippen LogP contribution is -2.43. The van der Waals surface area contributed by atoms with Crippen molar-refractivity contribution in [2.45, 2.75) is 44.6 Å². The standard InChI is InChI=1S/C20H23FN2O/c1-20(2,16-7-3-4-8-17(16)21)19(24)23-18-9-5-6-13-12-14(22)10-11-15(13)18/h3-4,7-8,10-12,18H,5-6,9,22H2,1-2H3,(H,23,24). The van der Waals surface area contributed by atoms with Crippen LogP contribution in [0.1, 0.15) is 49.4 Å². The summed E-state index contributed by atoms with van der Waals surface area (Å²) in [7, 11) is 0. The Kier molecular flexibility index (Phi) is 4.31. The summed E-state index contributed by atoms with van der Waals surface area (Å²) < 4.78 is 14.1. The number of carbonyl (C=O) groups excluding carboxylic acids is 1. The third kappa shape index (κ3) is 3.01. The predicted molar refractivity (Wildman–Crippen MR) is 94.1 cm³/mol. The summed E-state index contributed by atoms with van der Waals surface area (Å²) in [5.74, 6) is -0.517. The number of anilines is 1. The number of carbonyl (C=O) groups is 1. The Balaban J connectivity index is 1.85. The van der Waals surface area contributed by atoms with Crippen molar-refractivity contribution in [2.24, 2.45) is 0 Å². The van der Waals surface area contributed by atoms with Crippen molar-refractivity contribution in [1.29, 1.82) is 0 Å². The number of benzene rings is 2. The van der Waals surface area contributed by atoms with Crippen LogP contribution < -0.4 is 11.1 Å². The van der Waals surface area contributed by atoms with Crippen molar-refractivity contribution >= 4 is 11.6 Å². The van der Waals surface area contributed by atoms with Crippen molar-refractivity contribution in [2.75, 3.05) is 5.73 Å². The van der Waals surface area contributed by atoms with Crippen molar-refractivity contribution in [1.82, 2.24) is 5.32 Å². The van der Waals surface area contributed by atoms with Crippen LogP contribution in [0.15, 0.2) is 42.5 Å². The number of nitrogen functional groups attached to an aromatic ring is 1. The van der Waals surface area contributed by atoms with Crippen LogP contribution >= 0.6 is 0 Å². The van der Waals surface area contributed by atoms with Crippen molar-refractivity contribution < 1.29 is 9.18 Å². The first-order chi connectivity index (χ1) is 11.4. The van der Waals surface area contributed by atoms with Gasteiger partial charge >= 0.3 is 0 Å². The zero-order chi connectivity index (χ0) is 17.3. The zero-order valence-electron chi connectivity index (χ0n) is 14.1. The minimum atomic E-state index is -0.934. The molecule has 1 unspecified atom stereocenters. The van der Waals surface area contributed by atoms with Crippen LogP contribution in [0.3, 0.4) is 0 Å². The number of amides is 1. The van der Waals surface area contributed by atoms with Crippen molar-refractivity contribution in [3.63, 3.8) is 0 Å². The smallest absolute Gasteiger partial charge is 0.230 e. The Morgan fingerprint density at radius 1 is 1.25 bits per heavy atom. The molecule has 0 saturated heterocycles. The molecule has 1 amide bonds. The lowest BCUT2D eigenvalue weighted by Gasteiger charge is -2.31. The van der Waals surface area contributed by atoms with Crippen LogP contribution in [0.2, 0.25) is 0 Å². The molecule has 24 heavy (non-hydrogen) atoms. The van der Waals surface area contributed by atoms with Crippen molar-refractivity contribution in [3.8, 4) is 0 Å². The summed E-state index contributed by atoms with van der Waals surface area (Å²) in [6.45, 7) is 3.51. The number of nitrogens with one attached hydrogen (secondary N) is 1. The molecule has 3 nitrogen and oxygen atoms in total. The molecule has 3 N–H and O–H groups in total. The predicted octanol–water partition coefficient (Wildman–Crippen LogP) is 3.88. The Morgan fingerprint density at radius 2 is 2.00 bits per heavy atom. The van der Waals surface area contributed by atoms with E-state index in [-0.39, 0.29) is 17.8 Å². The third-order valence-corrected chi connectivity index (χ3v) is 4.90. The Labute approximate surface area is 142 Å². The highest BCUT2D eigenvalue weighted by Gasteiger charge is 2.34. The topological polar surface area (TPSA) is 55.1 Å². The van der Waals surface area contributed by atoms with E-state index in [1.54, 1.807) is 32.0 Å². The molecule has 3 rings (SSSR count). The van der Waals surface area contributed by atoms with Crippen LogP contribution in [-0.2, 0) is 16.6 Å². The van der Waals surface area contributed by atoms with E-state index in [1.807, 2.05) is 18.2 Å². The molecule has 1 aliphatic rings. The number of hydrogen-bond acceptors (Lipinski definition) is 2. The molecular weight excluding hydrogens is 303 g/mol. The van der Waals surface area contributed by atoms with Gasteiger partial charge in [0.15, 0.2) is 0 Å². The molecule has 4 heteroatoms. The lowest BCUT2D eigenvalue weighted by molar-refractivity contribution is -0.126. The highest BCUT2D eigenvalue weighted by molar-refractivity contribution is 5.87. The normalized spacial score (nSPS) is 17.2. The van der Waals surface area contributed by atoms with Gasteiger partial charge in [0, 0.05) is 11.3 Å². The van der Waals surface area contributed by atoms with Gasteiger partial charge in [-0.2, -0.15) is 0 Å². The van der Waals surface area contributed by atoms with E-state index >= 15 is 0 Å². The first kappa shape index (κ1) is 16.5. The van der Waals surface area contributed by atoms with Gasteiger partial charge in [0.25, 0.3) is 0 Å². The molecule has 126 valence electrons. The van der Waals surface area contributed by atoms with Gasteiger partial charge < -0.3 is 11.1 Å². The second kappa shape index (κ2) is 6.27. The monoisotopic (exact) mass is 326 g/mol. The summed E-state index contributed by atoms with van der Waals surface area (Å²) in [6.07, 6.45) is 2.86. The van der Waals surface area contributed by atoms with E-state index in [4.69, 9.17) is 5.73 Å². The lowest BCUT2D eigenvalue weighted by atomic mass is 9.81. The van der Waals surface area contributed by atoms with Crippen LogP contribution in [-0.4, -0.2) is 5.91 Å². The molecule has 0 saturated carbocycles. The van der Waals surface area contributed by atoms with Crippen LogP contribution in [0.4, 0.5) is 10.1 Å². The van der Waals surface area contributed by atoms with Gasteiger partial charge in [-0.3, -0.25) is 4.79 Å². The van der Waals surface area contributed by atoms with E-state index in [1.165, 1.54) is 11.6 Å². The van der Waals surface area contributed by atoms with E-state index < -0.39 is 5.41 Å². The molecule has 0 aliphatic heterocycles. The summed E-state index contributed by atoms with van der Waals surface area (Å²) in [4.78, 5) is 12.9. The fraction of sp³-hybridized carbons (Fsp3) is 0.350. The maximum atomic E-state index is 14.1. The SMILES string of the molecule is CC(C)(C(=O)NC1CCCc2cc(N)ccc21)c1ccccc1F. The van der Waals surface area contributed by atoms with E-state index in [0.29, 0.717) is 5.56 Å². The third-order valence-electron chi connectivity index (χ3n) is 4.90. The molecule has 0 bridgehead atoms. The van der Waals surface area contributed by atoms with E-state index in [2.05, 4.69) is 5.32 Å².